The molecule has 0 spiro atoms. The molecule has 5 heteroatoms. The lowest BCUT2D eigenvalue weighted by atomic mass is 10.1. The Morgan fingerprint density at radius 2 is 1.73 bits per heavy atom. The number of nitrogens with one attached hydrogen (secondary N) is 1. The lowest BCUT2D eigenvalue weighted by Gasteiger charge is -2.08. The van der Waals surface area contributed by atoms with Crippen molar-refractivity contribution < 1.29 is 9.53 Å². The Labute approximate surface area is 175 Å². The van der Waals surface area contributed by atoms with Crippen LogP contribution in [-0.4, -0.2) is 15.9 Å². The molecule has 1 N–H and O–H groups in total. The molecule has 0 bridgehead atoms. The number of ether oxygens (including phenoxy) is 1. The molecule has 3 aromatic carbocycles. The van der Waals surface area contributed by atoms with Crippen molar-refractivity contribution in [3.63, 3.8) is 0 Å². The van der Waals surface area contributed by atoms with Gasteiger partial charge < -0.3 is 10.1 Å². The van der Waals surface area contributed by atoms with Gasteiger partial charge in [0.05, 0.1) is 0 Å². The van der Waals surface area contributed by atoms with Crippen LogP contribution in [0.3, 0.4) is 0 Å². The highest BCUT2D eigenvalue weighted by atomic mass is 16.5. The van der Waals surface area contributed by atoms with Gasteiger partial charge in [0.25, 0.3) is 5.91 Å². The van der Waals surface area contributed by atoms with Gasteiger partial charge in [0.2, 0.25) is 5.88 Å². The number of nitrogens with zero attached hydrogens (tertiary/aromatic N) is 2. The Kier molecular flexibility index (Phi) is 5.80. The molecule has 4 aromatic rings. The standard InChI is InChI=1S/C25H21N3O2/c1-18-6-5-9-21(16-18)24-26-15-14-23(28-24)30-22-12-10-20(11-13-22)25(29)27-17-19-7-3-2-4-8-19/h2-16H,17H2,1H3,(H,27,29). The van der Waals surface area contributed by atoms with E-state index in [1.807, 2.05) is 61.5 Å². The zero-order valence-corrected chi connectivity index (χ0v) is 16.6. The van der Waals surface area contributed by atoms with Crippen LogP contribution in [0.15, 0.2) is 91.1 Å². The van der Waals surface area contributed by atoms with E-state index in [9.17, 15) is 4.79 Å². The number of hydrogen-bond acceptors (Lipinski definition) is 4. The second-order valence-corrected chi connectivity index (χ2v) is 6.88. The van der Waals surface area contributed by atoms with Crippen molar-refractivity contribution in [2.45, 2.75) is 13.5 Å². The van der Waals surface area contributed by atoms with Crippen LogP contribution >= 0.6 is 0 Å². The molecule has 1 aromatic heterocycles. The molecular formula is C25H21N3O2. The number of aromatic nitrogens is 2. The van der Waals surface area contributed by atoms with Crippen LogP contribution in [0.1, 0.15) is 21.5 Å². The summed E-state index contributed by atoms with van der Waals surface area (Å²) < 4.78 is 5.85. The smallest absolute Gasteiger partial charge is 0.251 e. The predicted molar refractivity (Wildman–Crippen MR) is 116 cm³/mol. The van der Waals surface area contributed by atoms with Crippen molar-refractivity contribution in [3.05, 3.63) is 108 Å². The molecule has 0 saturated heterocycles. The molecule has 0 aliphatic heterocycles. The Bertz CT molecular complexity index is 1140. The monoisotopic (exact) mass is 395 g/mol. The summed E-state index contributed by atoms with van der Waals surface area (Å²) in [6, 6.07) is 26.5. The molecule has 148 valence electrons. The first kappa shape index (κ1) is 19.3. The minimum Gasteiger partial charge on any atom is -0.439 e. The van der Waals surface area contributed by atoms with Crippen LogP contribution in [0.2, 0.25) is 0 Å². The van der Waals surface area contributed by atoms with E-state index in [0.717, 1.165) is 16.7 Å². The molecule has 5 nitrogen and oxygen atoms in total. The lowest BCUT2D eigenvalue weighted by Crippen LogP contribution is -2.22. The summed E-state index contributed by atoms with van der Waals surface area (Å²) in [4.78, 5) is 21.2. The van der Waals surface area contributed by atoms with E-state index in [1.54, 1.807) is 36.5 Å². The van der Waals surface area contributed by atoms with Crippen molar-refractivity contribution in [2.75, 3.05) is 0 Å². The molecule has 1 amide bonds. The predicted octanol–water partition coefficient (Wildman–Crippen LogP) is 5.17. The van der Waals surface area contributed by atoms with Gasteiger partial charge in [0.1, 0.15) is 5.75 Å². The van der Waals surface area contributed by atoms with Crippen molar-refractivity contribution in [2.24, 2.45) is 0 Å². The van der Waals surface area contributed by atoms with Gasteiger partial charge >= 0.3 is 0 Å². The summed E-state index contributed by atoms with van der Waals surface area (Å²) >= 11 is 0. The second-order valence-electron chi connectivity index (χ2n) is 6.88. The maximum Gasteiger partial charge on any atom is 0.251 e. The number of aryl methyl sites for hydroxylation is 1. The first-order valence-electron chi connectivity index (χ1n) is 9.67. The fourth-order valence-corrected chi connectivity index (χ4v) is 3.00. The third-order valence-corrected chi connectivity index (χ3v) is 4.54. The zero-order valence-electron chi connectivity index (χ0n) is 16.6. The summed E-state index contributed by atoms with van der Waals surface area (Å²) in [6.45, 7) is 2.52. The lowest BCUT2D eigenvalue weighted by molar-refractivity contribution is 0.0951. The van der Waals surface area contributed by atoms with Crippen LogP contribution in [0.4, 0.5) is 0 Å². The van der Waals surface area contributed by atoms with E-state index in [-0.39, 0.29) is 5.91 Å². The van der Waals surface area contributed by atoms with Gasteiger partial charge in [-0.2, -0.15) is 4.98 Å². The minimum atomic E-state index is -0.130. The third-order valence-electron chi connectivity index (χ3n) is 4.54. The fourth-order valence-electron chi connectivity index (χ4n) is 3.00. The molecule has 0 fully saturated rings. The van der Waals surface area contributed by atoms with Crippen molar-refractivity contribution in [3.8, 4) is 23.0 Å². The van der Waals surface area contributed by atoms with Crippen LogP contribution in [-0.2, 0) is 6.54 Å². The van der Waals surface area contributed by atoms with Gasteiger partial charge in [-0.15, -0.1) is 0 Å². The van der Waals surface area contributed by atoms with E-state index in [2.05, 4.69) is 15.3 Å². The van der Waals surface area contributed by atoms with E-state index < -0.39 is 0 Å². The van der Waals surface area contributed by atoms with E-state index >= 15 is 0 Å². The van der Waals surface area contributed by atoms with Crippen LogP contribution < -0.4 is 10.1 Å². The molecule has 0 unspecified atom stereocenters. The summed E-state index contributed by atoms with van der Waals surface area (Å²) in [5.41, 5.74) is 3.70. The van der Waals surface area contributed by atoms with Crippen LogP contribution in [0, 0.1) is 6.92 Å². The van der Waals surface area contributed by atoms with Gasteiger partial charge in [0.15, 0.2) is 5.82 Å². The zero-order chi connectivity index (χ0) is 20.8. The quantitative estimate of drug-likeness (QED) is 0.489. The SMILES string of the molecule is Cc1cccc(-c2nccc(Oc3ccc(C(=O)NCc4ccccc4)cc3)n2)c1. The number of hydrogen-bond donors (Lipinski definition) is 1. The Morgan fingerprint density at radius 1 is 0.933 bits per heavy atom. The summed E-state index contributed by atoms with van der Waals surface area (Å²) in [6.07, 6.45) is 1.67. The minimum absolute atomic E-state index is 0.130. The average molecular weight is 395 g/mol. The molecule has 0 atom stereocenters. The molecule has 0 aliphatic rings. The number of rotatable bonds is 6. The Morgan fingerprint density at radius 3 is 2.50 bits per heavy atom. The van der Waals surface area contributed by atoms with Gasteiger partial charge in [-0.1, -0.05) is 54.1 Å². The summed E-state index contributed by atoms with van der Waals surface area (Å²) in [5.74, 6) is 1.52. The Balaban J connectivity index is 1.41. The molecule has 0 saturated carbocycles. The Hall–Kier alpha value is -3.99. The number of amides is 1. The molecule has 4 rings (SSSR count). The van der Waals surface area contributed by atoms with Crippen LogP contribution in [0.25, 0.3) is 11.4 Å². The normalized spacial score (nSPS) is 10.4. The van der Waals surface area contributed by atoms with Crippen molar-refractivity contribution in [1.82, 2.24) is 15.3 Å². The van der Waals surface area contributed by atoms with Gasteiger partial charge in [-0.3, -0.25) is 4.79 Å². The van der Waals surface area contributed by atoms with Crippen LogP contribution in [0.5, 0.6) is 11.6 Å². The van der Waals surface area contributed by atoms with Gasteiger partial charge in [-0.25, -0.2) is 4.98 Å². The van der Waals surface area contributed by atoms with Gasteiger partial charge in [-0.05, 0) is 42.8 Å². The highest BCUT2D eigenvalue weighted by Crippen LogP contribution is 2.23. The molecule has 0 radical (unpaired) electrons. The maximum absolute atomic E-state index is 12.3. The molecule has 1 heterocycles. The van der Waals surface area contributed by atoms with Crippen molar-refractivity contribution in [1.29, 1.82) is 0 Å². The highest BCUT2D eigenvalue weighted by molar-refractivity contribution is 5.94. The largest absolute Gasteiger partial charge is 0.439 e. The molecule has 0 aliphatic carbocycles. The average Bonchev–Trinajstić information content (AvgIpc) is 2.79. The summed E-state index contributed by atoms with van der Waals surface area (Å²) in [5, 5.41) is 2.91. The fraction of sp³-hybridized carbons (Fsp3) is 0.0800. The van der Waals surface area contributed by atoms with E-state index in [1.165, 1.54) is 0 Å². The third kappa shape index (κ3) is 4.89. The van der Waals surface area contributed by atoms with E-state index in [0.29, 0.717) is 29.6 Å². The first-order chi connectivity index (χ1) is 14.7. The van der Waals surface area contributed by atoms with E-state index in [4.69, 9.17) is 4.74 Å². The van der Waals surface area contributed by atoms with Crippen molar-refractivity contribution >= 4 is 5.91 Å². The number of carbonyl (C=O) groups is 1. The topological polar surface area (TPSA) is 64.1 Å². The first-order valence-corrected chi connectivity index (χ1v) is 9.67. The highest BCUT2D eigenvalue weighted by Gasteiger charge is 2.08. The summed E-state index contributed by atoms with van der Waals surface area (Å²) in [7, 11) is 0. The molecule has 30 heavy (non-hydrogen) atoms. The maximum atomic E-state index is 12.3. The van der Waals surface area contributed by atoms with Gasteiger partial charge in [0, 0.05) is 29.9 Å². The number of carbonyl (C=O) groups excluding carboxylic acids is 1. The molecular weight excluding hydrogens is 374 g/mol. The second kappa shape index (κ2) is 9.01. The number of benzene rings is 3.